The second-order valence-corrected chi connectivity index (χ2v) is 13.8. The van der Waals surface area contributed by atoms with Crippen molar-refractivity contribution in [2.45, 2.75) is 0 Å². The molecule has 0 aliphatic heterocycles. The molecule has 10 aromatic carbocycles. The first-order valence-electron chi connectivity index (χ1n) is 16.4. The first-order valence-corrected chi connectivity index (χ1v) is 16.4. The molecular formula is C42H15N3O6. The highest BCUT2D eigenvalue weighted by Crippen LogP contribution is 2.57. The third kappa shape index (κ3) is 2.55. The standard InChI is InChI=1S/C42H15N3O6/c46-37-17-11-10-16-26-25(17)21(41(50)44-37)12-22-32(26)34-28(16)27-15-3-1-2-13-4-7-18-29(23(13)15)33(27)35-30-19(39(48)43-38(18)47)8-5-14-6-9-20(40(49)45-42(22)51)31(24(14)30)36(34)35/h1-12H,(H,43,47,48)(H,44,46,50)(H,45,49,51). The first kappa shape index (κ1) is 25.7. The molecule has 3 heterocycles. The van der Waals surface area contributed by atoms with Gasteiger partial charge >= 0.3 is 0 Å². The minimum absolute atomic E-state index is 0.126. The van der Waals surface area contributed by atoms with Gasteiger partial charge in [-0.05, 0) is 78.8 Å². The quantitative estimate of drug-likeness (QED) is 0.174. The zero-order valence-electron chi connectivity index (χ0n) is 25.9. The summed E-state index contributed by atoms with van der Waals surface area (Å²) in [6, 6.07) is 21.7. The molecular weight excluding hydrogens is 642 g/mol. The molecule has 0 saturated heterocycles. The fourth-order valence-corrected chi connectivity index (χ4v) is 9.94. The third-order valence-electron chi connectivity index (χ3n) is 11.7. The van der Waals surface area contributed by atoms with Gasteiger partial charge in [-0.2, -0.15) is 0 Å². The molecule has 234 valence electrons. The van der Waals surface area contributed by atoms with Gasteiger partial charge in [-0.25, -0.2) is 0 Å². The summed E-state index contributed by atoms with van der Waals surface area (Å²) in [6.45, 7) is 0. The van der Waals surface area contributed by atoms with Crippen LogP contribution >= 0.6 is 0 Å². The Balaban J connectivity index is 1.63. The second-order valence-electron chi connectivity index (χ2n) is 13.8. The van der Waals surface area contributed by atoms with Gasteiger partial charge in [0.1, 0.15) is 0 Å². The van der Waals surface area contributed by atoms with Crippen LogP contribution in [-0.4, -0.2) is 15.0 Å². The summed E-state index contributed by atoms with van der Waals surface area (Å²) in [4.78, 5) is 91.1. The van der Waals surface area contributed by atoms with Crippen LogP contribution in [0.25, 0.3) is 129 Å². The lowest BCUT2D eigenvalue weighted by molar-refractivity contribution is 1.22. The van der Waals surface area contributed by atoms with Crippen molar-refractivity contribution in [2.75, 3.05) is 0 Å². The lowest BCUT2D eigenvalue weighted by Crippen LogP contribution is -2.20. The zero-order chi connectivity index (χ0) is 33.9. The highest BCUT2D eigenvalue weighted by Gasteiger charge is 2.31. The summed E-state index contributed by atoms with van der Waals surface area (Å²) in [5.74, 6) is 0. The summed E-state index contributed by atoms with van der Waals surface area (Å²) in [5.41, 5.74) is -3.55. The van der Waals surface area contributed by atoms with Crippen LogP contribution < -0.4 is 33.4 Å². The number of hydrogen-bond acceptors (Lipinski definition) is 6. The van der Waals surface area contributed by atoms with Crippen molar-refractivity contribution in [1.29, 1.82) is 0 Å². The van der Waals surface area contributed by atoms with Gasteiger partial charge in [-0.15, -0.1) is 0 Å². The van der Waals surface area contributed by atoms with E-state index in [1.54, 1.807) is 24.3 Å². The van der Waals surface area contributed by atoms with Crippen molar-refractivity contribution < 1.29 is 0 Å². The van der Waals surface area contributed by atoms with Crippen molar-refractivity contribution in [3.05, 3.63) is 135 Å². The molecule has 0 fully saturated rings. The number of pyridine rings is 1. The topological polar surface area (TPSA) is 150 Å². The number of hydrogen-bond donors (Lipinski definition) is 3. The Labute approximate surface area is 278 Å². The second kappa shape index (κ2) is 7.79. The molecule has 13 aromatic rings. The molecule has 0 bridgehead atoms. The molecule has 3 N–H and O–H groups in total. The summed E-state index contributed by atoms with van der Waals surface area (Å²) in [6.07, 6.45) is 0. The van der Waals surface area contributed by atoms with Crippen molar-refractivity contribution in [3.63, 3.8) is 0 Å². The van der Waals surface area contributed by atoms with Crippen LogP contribution in [0.1, 0.15) is 0 Å². The van der Waals surface area contributed by atoms with Gasteiger partial charge < -0.3 is 0 Å². The van der Waals surface area contributed by atoms with E-state index >= 15 is 0 Å². The van der Waals surface area contributed by atoms with Crippen molar-refractivity contribution in [1.82, 2.24) is 15.0 Å². The highest BCUT2D eigenvalue weighted by molar-refractivity contribution is 6.59. The lowest BCUT2D eigenvalue weighted by atomic mass is 9.95. The van der Waals surface area contributed by atoms with Crippen LogP contribution in [0.2, 0.25) is 0 Å². The largest absolute Gasteiger partial charge is 0.288 e. The minimum Gasteiger partial charge on any atom is -0.288 e. The van der Waals surface area contributed by atoms with E-state index in [-0.39, 0.29) is 16.2 Å². The van der Waals surface area contributed by atoms with Gasteiger partial charge in [0, 0.05) is 80.8 Å². The number of rotatable bonds is 0. The van der Waals surface area contributed by atoms with Gasteiger partial charge in [0.05, 0.1) is 0 Å². The summed E-state index contributed by atoms with van der Waals surface area (Å²) in [7, 11) is 0. The van der Waals surface area contributed by atoms with Crippen LogP contribution in [0.5, 0.6) is 0 Å². The molecule has 0 aliphatic carbocycles. The van der Waals surface area contributed by atoms with Crippen molar-refractivity contribution in [3.8, 4) is 0 Å². The number of H-pyrrole nitrogens is 3. The number of aromatic nitrogens is 3. The number of benzene rings is 7. The predicted octanol–water partition coefficient (Wildman–Crippen LogP) is 6.30. The van der Waals surface area contributed by atoms with Gasteiger partial charge in [0.25, 0.3) is 33.4 Å². The molecule has 0 radical (unpaired) electrons. The van der Waals surface area contributed by atoms with Crippen LogP contribution in [0.4, 0.5) is 0 Å². The number of nitrogens with one attached hydrogen (secondary N) is 3. The Bertz CT molecular complexity index is 4180. The van der Waals surface area contributed by atoms with E-state index in [9.17, 15) is 28.8 Å². The summed E-state index contributed by atoms with van der Waals surface area (Å²) >= 11 is 0. The van der Waals surface area contributed by atoms with Crippen LogP contribution in [0.3, 0.4) is 0 Å². The number of fused-ring (bicyclic) bond motifs is 3. The molecule has 3 aromatic heterocycles. The van der Waals surface area contributed by atoms with Crippen LogP contribution in [-0.2, 0) is 0 Å². The van der Waals surface area contributed by atoms with Gasteiger partial charge in [0.15, 0.2) is 0 Å². The molecule has 13 rings (SSSR count). The molecule has 0 unspecified atom stereocenters. The van der Waals surface area contributed by atoms with E-state index in [0.717, 1.165) is 43.1 Å². The summed E-state index contributed by atoms with van der Waals surface area (Å²) < 4.78 is 0. The van der Waals surface area contributed by atoms with Crippen molar-refractivity contribution in [2.24, 2.45) is 0 Å². The molecule has 0 saturated carbocycles. The van der Waals surface area contributed by atoms with E-state index in [1.807, 2.05) is 42.5 Å². The predicted molar refractivity (Wildman–Crippen MR) is 204 cm³/mol. The van der Waals surface area contributed by atoms with E-state index < -0.39 is 33.4 Å². The van der Waals surface area contributed by atoms with E-state index in [2.05, 4.69) is 15.0 Å². The molecule has 0 atom stereocenters. The van der Waals surface area contributed by atoms with Crippen LogP contribution in [0.15, 0.2) is 102 Å². The normalized spacial score (nSPS) is 13.2. The lowest BCUT2D eigenvalue weighted by Gasteiger charge is -2.06. The average molecular weight is 658 g/mol. The Kier molecular flexibility index (Phi) is 3.93. The monoisotopic (exact) mass is 657 g/mol. The SMILES string of the molecule is O=c1[nH]c(=O)c2cc3c(=O)[nH]c(=O)c4ccc5ccc6c(=O)[nH]c(=O)c7ccc8cccc9c8c7c7c9c8c9ccc1c2c9c3c8c1c4c5c6c71. The third-order valence-corrected chi connectivity index (χ3v) is 11.7. The fraction of sp³-hybridized carbons (Fsp3) is 0. The molecule has 0 amide bonds. The van der Waals surface area contributed by atoms with Gasteiger partial charge in [0.2, 0.25) is 0 Å². The molecule has 0 aliphatic rings. The van der Waals surface area contributed by atoms with Crippen molar-refractivity contribution >= 4 is 129 Å². The minimum atomic E-state index is -0.673. The fourth-order valence-electron chi connectivity index (χ4n) is 9.94. The Morgan fingerprint density at radius 3 is 1.16 bits per heavy atom. The van der Waals surface area contributed by atoms with Gasteiger partial charge in [-0.1, -0.05) is 42.5 Å². The van der Waals surface area contributed by atoms with E-state index in [0.29, 0.717) is 70.0 Å². The van der Waals surface area contributed by atoms with Crippen LogP contribution in [0, 0.1) is 0 Å². The Hall–Kier alpha value is -7.26. The highest BCUT2D eigenvalue weighted by atomic mass is 16.2. The summed E-state index contributed by atoms with van der Waals surface area (Å²) in [5, 5.41) is 14.2. The smallest absolute Gasteiger partial charge is 0.258 e. The van der Waals surface area contributed by atoms with E-state index in [1.165, 1.54) is 6.07 Å². The maximum absolute atomic E-state index is 14.3. The maximum atomic E-state index is 14.3. The van der Waals surface area contributed by atoms with E-state index in [4.69, 9.17) is 0 Å². The Morgan fingerprint density at radius 2 is 0.588 bits per heavy atom. The molecule has 9 nitrogen and oxygen atoms in total. The zero-order valence-corrected chi connectivity index (χ0v) is 25.9. The van der Waals surface area contributed by atoms with Gasteiger partial charge in [-0.3, -0.25) is 43.7 Å². The molecule has 9 heteroatoms. The molecule has 0 spiro atoms. The first-order chi connectivity index (χ1) is 24.8. The maximum Gasteiger partial charge on any atom is 0.258 e. The Morgan fingerprint density at radius 1 is 0.255 bits per heavy atom. The average Bonchev–Trinajstić information content (AvgIpc) is 3.78. The number of aromatic amines is 3. The molecule has 51 heavy (non-hydrogen) atoms.